The van der Waals surface area contributed by atoms with Gasteiger partial charge in [0.1, 0.15) is 10.4 Å². The van der Waals surface area contributed by atoms with Crippen molar-refractivity contribution in [3.63, 3.8) is 0 Å². The molecule has 24 heavy (non-hydrogen) atoms. The molecule has 0 unspecified atom stereocenters. The van der Waals surface area contributed by atoms with E-state index in [1.165, 1.54) is 24.9 Å². The molecule has 0 atom stereocenters. The van der Waals surface area contributed by atoms with Gasteiger partial charge in [0.2, 0.25) is 5.91 Å². The van der Waals surface area contributed by atoms with E-state index in [0.29, 0.717) is 5.76 Å². The van der Waals surface area contributed by atoms with Crippen LogP contribution in [-0.2, 0) is 18.9 Å². The standard InChI is InChI=1S/C14H13N5O4S/c1-18-11-9(13(21)19(2)14(18)22)12(24-6-8(15)20)17-10(16-11)7-4-3-5-23-7/h3-5H,6H2,1-2H3,(H2,15,20). The Morgan fingerprint density at radius 2 is 2.04 bits per heavy atom. The second-order valence-electron chi connectivity index (χ2n) is 4.99. The third-order valence-electron chi connectivity index (χ3n) is 3.36. The summed E-state index contributed by atoms with van der Waals surface area (Å²) in [7, 11) is 2.87. The SMILES string of the molecule is Cn1c(=O)c2c(SCC(N)=O)nc(-c3ccco3)nc2n(C)c1=O. The summed E-state index contributed by atoms with van der Waals surface area (Å²) in [6.07, 6.45) is 1.46. The fraction of sp³-hybridized carbons (Fsp3) is 0.214. The number of carbonyl (C=O) groups is 1. The van der Waals surface area contributed by atoms with E-state index in [1.54, 1.807) is 12.1 Å². The van der Waals surface area contributed by atoms with Crippen LogP contribution in [0.2, 0.25) is 0 Å². The Kier molecular flexibility index (Phi) is 3.97. The smallest absolute Gasteiger partial charge is 0.332 e. The van der Waals surface area contributed by atoms with E-state index in [0.717, 1.165) is 16.3 Å². The fourth-order valence-electron chi connectivity index (χ4n) is 2.19. The summed E-state index contributed by atoms with van der Waals surface area (Å²) >= 11 is 1.01. The van der Waals surface area contributed by atoms with Gasteiger partial charge in [-0.15, -0.1) is 0 Å². The Balaban J connectivity index is 2.38. The van der Waals surface area contributed by atoms with Gasteiger partial charge in [0.25, 0.3) is 5.56 Å². The first kappa shape index (κ1) is 16.0. The van der Waals surface area contributed by atoms with Crippen LogP contribution < -0.4 is 17.0 Å². The van der Waals surface area contributed by atoms with E-state index in [2.05, 4.69) is 9.97 Å². The van der Waals surface area contributed by atoms with Crippen LogP contribution in [0.15, 0.2) is 37.4 Å². The van der Waals surface area contributed by atoms with Crippen molar-refractivity contribution in [2.45, 2.75) is 5.03 Å². The normalized spacial score (nSPS) is 11.1. The van der Waals surface area contributed by atoms with Gasteiger partial charge in [0.05, 0.1) is 12.0 Å². The maximum atomic E-state index is 12.5. The number of furan rings is 1. The zero-order chi connectivity index (χ0) is 17.4. The van der Waals surface area contributed by atoms with E-state index in [1.807, 2.05) is 0 Å². The van der Waals surface area contributed by atoms with Gasteiger partial charge in [-0.3, -0.25) is 18.7 Å². The molecule has 0 radical (unpaired) electrons. The van der Waals surface area contributed by atoms with Crippen molar-refractivity contribution in [2.24, 2.45) is 19.8 Å². The first-order chi connectivity index (χ1) is 11.4. The molecule has 3 heterocycles. The topological polar surface area (TPSA) is 126 Å². The second-order valence-corrected chi connectivity index (χ2v) is 5.95. The monoisotopic (exact) mass is 347 g/mol. The van der Waals surface area contributed by atoms with E-state index in [-0.39, 0.29) is 27.6 Å². The number of thioether (sulfide) groups is 1. The highest BCUT2D eigenvalue weighted by atomic mass is 32.2. The van der Waals surface area contributed by atoms with Crippen molar-refractivity contribution >= 4 is 28.7 Å². The summed E-state index contributed by atoms with van der Waals surface area (Å²) in [6, 6.07) is 3.32. The van der Waals surface area contributed by atoms with Crippen molar-refractivity contribution in [2.75, 3.05) is 5.75 Å². The number of primary amides is 1. The molecule has 2 N–H and O–H groups in total. The molecule has 3 aromatic rings. The molecule has 10 heteroatoms. The van der Waals surface area contributed by atoms with Crippen LogP contribution in [0.25, 0.3) is 22.6 Å². The van der Waals surface area contributed by atoms with Crippen LogP contribution in [0.1, 0.15) is 0 Å². The molecular formula is C14H13N5O4S. The van der Waals surface area contributed by atoms with Crippen molar-refractivity contribution in [1.82, 2.24) is 19.1 Å². The first-order valence-electron chi connectivity index (χ1n) is 6.83. The molecule has 0 aliphatic carbocycles. The summed E-state index contributed by atoms with van der Waals surface area (Å²) in [6.45, 7) is 0. The van der Waals surface area contributed by atoms with Crippen molar-refractivity contribution in [3.8, 4) is 11.6 Å². The summed E-state index contributed by atoms with van der Waals surface area (Å²) in [4.78, 5) is 44.3. The van der Waals surface area contributed by atoms with Crippen LogP contribution >= 0.6 is 11.8 Å². The third kappa shape index (κ3) is 2.60. The van der Waals surface area contributed by atoms with Gasteiger partial charge in [-0.1, -0.05) is 11.8 Å². The van der Waals surface area contributed by atoms with Gasteiger partial charge < -0.3 is 10.2 Å². The van der Waals surface area contributed by atoms with E-state index in [4.69, 9.17) is 10.2 Å². The average Bonchev–Trinajstić information content (AvgIpc) is 3.09. The van der Waals surface area contributed by atoms with E-state index in [9.17, 15) is 14.4 Å². The minimum Gasteiger partial charge on any atom is -0.461 e. The lowest BCUT2D eigenvalue weighted by atomic mass is 10.3. The minimum atomic E-state index is -0.548. The number of nitrogens with zero attached hydrogens (tertiary/aromatic N) is 4. The number of hydrogen-bond donors (Lipinski definition) is 1. The van der Waals surface area contributed by atoms with Crippen LogP contribution in [0.4, 0.5) is 0 Å². The number of fused-ring (bicyclic) bond motifs is 1. The summed E-state index contributed by atoms with van der Waals surface area (Å²) in [5.74, 6) is -0.0166. The predicted octanol–water partition coefficient (Wildman–Crippen LogP) is -0.135. The van der Waals surface area contributed by atoms with Gasteiger partial charge in [-0.25, -0.2) is 14.8 Å². The Bertz CT molecular complexity index is 1050. The molecule has 124 valence electrons. The molecule has 1 amide bonds. The van der Waals surface area contributed by atoms with Gasteiger partial charge in [-0.2, -0.15) is 0 Å². The molecule has 0 fully saturated rings. The number of aryl methyl sites for hydroxylation is 1. The number of amides is 1. The van der Waals surface area contributed by atoms with Crippen LogP contribution in [0.3, 0.4) is 0 Å². The Hall–Kier alpha value is -2.88. The van der Waals surface area contributed by atoms with Crippen molar-refractivity contribution in [3.05, 3.63) is 39.2 Å². The largest absolute Gasteiger partial charge is 0.461 e. The lowest BCUT2D eigenvalue weighted by molar-refractivity contribution is -0.115. The minimum absolute atomic E-state index is 0.0598. The molecule has 0 spiro atoms. The predicted molar refractivity (Wildman–Crippen MR) is 87.6 cm³/mol. The molecule has 0 aliphatic heterocycles. The highest BCUT2D eigenvalue weighted by Crippen LogP contribution is 2.25. The molecule has 0 aromatic carbocycles. The zero-order valence-electron chi connectivity index (χ0n) is 12.8. The van der Waals surface area contributed by atoms with E-state index < -0.39 is 17.2 Å². The van der Waals surface area contributed by atoms with Gasteiger partial charge in [0, 0.05) is 14.1 Å². The maximum absolute atomic E-state index is 12.5. The summed E-state index contributed by atoms with van der Waals surface area (Å²) in [5, 5.41) is 0.419. The highest BCUT2D eigenvalue weighted by molar-refractivity contribution is 8.00. The Labute approximate surface area is 139 Å². The molecule has 9 nitrogen and oxygen atoms in total. The molecule has 0 aliphatic rings. The van der Waals surface area contributed by atoms with Crippen molar-refractivity contribution < 1.29 is 9.21 Å². The zero-order valence-corrected chi connectivity index (χ0v) is 13.7. The molecule has 3 rings (SSSR count). The summed E-state index contributed by atoms with van der Waals surface area (Å²) < 4.78 is 7.49. The van der Waals surface area contributed by atoms with Gasteiger partial charge in [-0.05, 0) is 12.1 Å². The molecule has 3 aromatic heterocycles. The number of nitrogens with two attached hydrogens (primary N) is 1. The quantitative estimate of drug-likeness (QED) is 0.514. The fourth-order valence-corrected chi connectivity index (χ4v) is 2.94. The Morgan fingerprint density at radius 1 is 1.29 bits per heavy atom. The molecule has 0 saturated carbocycles. The highest BCUT2D eigenvalue weighted by Gasteiger charge is 2.19. The van der Waals surface area contributed by atoms with Gasteiger partial charge in [0.15, 0.2) is 17.2 Å². The molecular weight excluding hydrogens is 334 g/mol. The molecule has 0 bridgehead atoms. The maximum Gasteiger partial charge on any atom is 0.332 e. The molecule has 0 saturated heterocycles. The van der Waals surface area contributed by atoms with Crippen LogP contribution in [0.5, 0.6) is 0 Å². The lowest BCUT2D eigenvalue weighted by Gasteiger charge is -2.10. The number of carbonyl (C=O) groups excluding carboxylic acids is 1. The van der Waals surface area contributed by atoms with E-state index >= 15 is 0 Å². The number of hydrogen-bond acceptors (Lipinski definition) is 7. The second kappa shape index (κ2) is 5.96. The number of aromatic nitrogens is 4. The van der Waals surface area contributed by atoms with Crippen molar-refractivity contribution in [1.29, 1.82) is 0 Å². The number of rotatable bonds is 4. The Morgan fingerprint density at radius 3 is 2.67 bits per heavy atom. The van der Waals surface area contributed by atoms with Crippen LogP contribution in [0, 0.1) is 0 Å². The third-order valence-corrected chi connectivity index (χ3v) is 4.36. The summed E-state index contributed by atoms with van der Waals surface area (Å²) in [5.41, 5.74) is 4.29. The van der Waals surface area contributed by atoms with Crippen LogP contribution in [-0.4, -0.2) is 30.8 Å². The average molecular weight is 347 g/mol. The first-order valence-corrected chi connectivity index (χ1v) is 7.81. The van der Waals surface area contributed by atoms with Gasteiger partial charge >= 0.3 is 5.69 Å². The lowest BCUT2D eigenvalue weighted by Crippen LogP contribution is -2.37.